The lowest BCUT2D eigenvalue weighted by molar-refractivity contribution is -0.127. The second-order valence-corrected chi connectivity index (χ2v) is 8.25. The van der Waals surface area contributed by atoms with Crippen LogP contribution in [0, 0.1) is 5.92 Å². The van der Waals surface area contributed by atoms with E-state index in [9.17, 15) is 13.2 Å². The van der Waals surface area contributed by atoms with Gasteiger partial charge in [-0.3, -0.25) is 9.78 Å². The van der Waals surface area contributed by atoms with Crippen molar-refractivity contribution >= 4 is 15.9 Å². The van der Waals surface area contributed by atoms with Crippen molar-refractivity contribution in [3.63, 3.8) is 0 Å². The van der Waals surface area contributed by atoms with Gasteiger partial charge < -0.3 is 5.32 Å². The summed E-state index contributed by atoms with van der Waals surface area (Å²) in [6.07, 6.45) is 4.01. The van der Waals surface area contributed by atoms with Gasteiger partial charge >= 0.3 is 0 Å². The number of rotatable bonds is 4. The van der Waals surface area contributed by atoms with Gasteiger partial charge in [0.25, 0.3) is 0 Å². The third-order valence-electron chi connectivity index (χ3n) is 4.03. The summed E-state index contributed by atoms with van der Waals surface area (Å²) in [4.78, 5) is 16.7. The molecule has 0 saturated carbocycles. The van der Waals surface area contributed by atoms with Gasteiger partial charge in [0, 0.05) is 25.2 Å². The zero-order valence-electron chi connectivity index (χ0n) is 13.2. The zero-order chi connectivity index (χ0) is 16.4. The van der Waals surface area contributed by atoms with Crippen LogP contribution in [0.4, 0.5) is 0 Å². The topological polar surface area (TPSA) is 79.4 Å². The van der Waals surface area contributed by atoms with Crippen molar-refractivity contribution < 1.29 is 13.2 Å². The average Bonchev–Trinajstić information content (AvgIpc) is 2.47. The number of amides is 1. The molecule has 7 heteroatoms. The van der Waals surface area contributed by atoms with Crippen LogP contribution in [0.2, 0.25) is 0 Å². The average molecular weight is 325 g/mol. The molecular weight excluding hydrogens is 302 g/mol. The minimum Gasteiger partial charge on any atom is -0.345 e. The Hall–Kier alpha value is -1.47. The molecule has 0 radical (unpaired) electrons. The van der Waals surface area contributed by atoms with Gasteiger partial charge in [0.15, 0.2) is 0 Å². The summed E-state index contributed by atoms with van der Waals surface area (Å²) in [6.45, 7) is 4.64. The van der Waals surface area contributed by atoms with Crippen LogP contribution in [-0.4, -0.2) is 43.0 Å². The van der Waals surface area contributed by atoms with E-state index in [1.807, 2.05) is 32.0 Å². The van der Waals surface area contributed by atoms with E-state index in [2.05, 4.69) is 10.3 Å². The van der Waals surface area contributed by atoms with Crippen LogP contribution >= 0.6 is 0 Å². The Labute approximate surface area is 132 Å². The lowest BCUT2D eigenvalue weighted by atomic mass is 9.93. The quantitative estimate of drug-likeness (QED) is 0.899. The number of carbonyl (C=O) groups is 1. The summed E-state index contributed by atoms with van der Waals surface area (Å²) in [5, 5.41) is 3.03. The molecule has 122 valence electrons. The van der Waals surface area contributed by atoms with Gasteiger partial charge in [-0.15, -0.1) is 0 Å². The second kappa shape index (κ2) is 6.34. The summed E-state index contributed by atoms with van der Waals surface area (Å²) in [5.41, 5.74) is 0.253. The summed E-state index contributed by atoms with van der Waals surface area (Å²) in [6, 6.07) is 5.61. The van der Waals surface area contributed by atoms with E-state index < -0.39 is 15.6 Å². The SMILES string of the molecule is CC(C)(NC(=O)C1CCN(S(C)(=O)=O)CC1)c1ccccn1. The lowest BCUT2D eigenvalue weighted by Crippen LogP contribution is -2.48. The zero-order valence-corrected chi connectivity index (χ0v) is 14.1. The highest BCUT2D eigenvalue weighted by Crippen LogP contribution is 2.23. The fraction of sp³-hybridized carbons (Fsp3) is 0.600. The first kappa shape index (κ1) is 16.9. The predicted molar refractivity (Wildman–Crippen MR) is 84.5 cm³/mol. The summed E-state index contributed by atoms with van der Waals surface area (Å²) >= 11 is 0. The highest BCUT2D eigenvalue weighted by atomic mass is 32.2. The molecule has 0 aliphatic carbocycles. The third kappa shape index (κ3) is 4.04. The van der Waals surface area contributed by atoms with E-state index in [0.29, 0.717) is 25.9 Å². The van der Waals surface area contributed by atoms with Crippen molar-refractivity contribution in [3.05, 3.63) is 30.1 Å². The molecule has 2 rings (SSSR count). The van der Waals surface area contributed by atoms with Crippen LogP contribution < -0.4 is 5.32 Å². The molecular formula is C15H23N3O3S. The molecule has 1 N–H and O–H groups in total. The van der Waals surface area contributed by atoms with Gasteiger partial charge in [0.05, 0.1) is 17.5 Å². The van der Waals surface area contributed by atoms with Crippen molar-refractivity contribution in [3.8, 4) is 0 Å². The van der Waals surface area contributed by atoms with E-state index in [1.165, 1.54) is 10.6 Å². The van der Waals surface area contributed by atoms with Gasteiger partial charge in [-0.25, -0.2) is 12.7 Å². The maximum atomic E-state index is 12.4. The first-order valence-electron chi connectivity index (χ1n) is 7.39. The van der Waals surface area contributed by atoms with Crippen LogP contribution in [-0.2, 0) is 20.4 Å². The Morgan fingerprint density at radius 3 is 2.45 bits per heavy atom. The van der Waals surface area contributed by atoms with Crippen molar-refractivity contribution in [1.29, 1.82) is 0 Å². The number of aromatic nitrogens is 1. The Morgan fingerprint density at radius 1 is 1.32 bits per heavy atom. The Kier molecular flexibility index (Phi) is 4.87. The Bertz CT molecular complexity index is 621. The molecule has 22 heavy (non-hydrogen) atoms. The van der Waals surface area contributed by atoms with Crippen LogP contribution in [0.25, 0.3) is 0 Å². The van der Waals surface area contributed by atoms with E-state index in [-0.39, 0.29) is 11.8 Å². The molecule has 2 heterocycles. The van der Waals surface area contributed by atoms with Crippen molar-refractivity contribution in [1.82, 2.24) is 14.6 Å². The molecule has 0 atom stereocenters. The van der Waals surface area contributed by atoms with Gasteiger partial charge in [-0.1, -0.05) is 6.07 Å². The molecule has 6 nitrogen and oxygen atoms in total. The van der Waals surface area contributed by atoms with Crippen molar-refractivity contribution in [2.75, 3.05) is 19.3 Å². The fourth-order valence-corrected chi connectivity index (χ4v) is 3.53. The van der Waals surface area contributed by atoms with Crippen LogP contribution in [0.5, 0.6) is 0 Å². The van der Waals surface area contributed by atoms with E-state index in [4.69, 9.17) is 0 Å². The Balaban J connectivity index is 1.96. The predicted octanol–water partition coefficient (Wildman–Crippen LogP) is 1.10. The van der Waals surface area contributed by atoms with Gasteiger partial charge in [-0.05, 0) is 38.8 Å². The molecule has 0 bridgehead atoms. The fourth-order valence-electron chi connectivity index (χ4n) is 2.66. The van der Waals surface area contributed by atoms with Crippen LogP contribution in [0.1, 0.15) is 32.4 Å². The van der Waals surface area contributed by atoms with E-state index >= 15 is 0 Å². The second-order valence-electron chi connectivity index (χ2n) is 6.27. The van der Waals surface area contributed by atoms with Gasteiger partial charge in [0.1, 0.15) is 0 Å². The third-order valence-corrected chi connectivity index (χ3v) is 5.34. The number of sulfonamides is 1. The summed E-state index contributed by atoms with van der Waals surface area (Å²) in [7, 11) is -3.16. The number of pyridine rings is 1. The summed E-state index contributed by atoms with van der Waals surface area (Å²) in [5.74, 6) is -0.190. The van der Waals surface area contributed by atoms with Crippen molar-refractivity contribution in [2.24, 2.45) is 5.92 Å². The number of carbonyl (C=O) groups excluding carboxylic acids is 1. The van der Waals surface area contributed by atoms with E-state index in [0.717, 1.165) is 5.69 Å². The maximum absolute atomic E-state index is 12.4. The first-order valence-corrected chi connectivity index (χ1v) is 9.23. The highest BCUT2D eigenvalue weighted by molar-refractivity contribution is 7.88. The van der Waals surface area contributed by atoms with Crippen molar-refractivity contribution in [2.45, 2.75) is 32.2 Å². The van der Waals surface area contributed by atoms with Crippen LogP contribution in [0.15, 0.2) is 24.4 Å². The molecule has 1 saturated heterocycles. The number of piperidine rings is 1. The normalized spacial score (nSPS) is 18.1. The molecule has 1 amide bonds. The largest absolute Gasteiger partial charge is 0.345 e. The molecule has 0 unspecified atom stereocenters. The molecule has 0 aromatic carbocycles. The molecule has 1 aliphatic rings. The first-order chi connectivity index (χ1) is 10.2. The minimum absolute atomic E-state index is 0.0381. The molecule has 1 aromatic heterocycles. The smallest absolute Gasteiger partial charge is 0.223 e. The highest BCUT2D eigenvalue weighted by Gasteiger charge is 2.32. The number of hydrogen-bond donors (Lipinski definition) is 1. The monoisotopic (exact) mass is 325 g/mol. The maximum Gasteiger partial charge on any atom is 0.223 e. The van der Waals surface area contributed by atoms with Gasteiger partial charge in [0.2, 0.25) is 15.9 Å². The van der Waals surface area contributed by atoms with Gasteiger partial charge in [-0.2, -0.15) is 0 Å². The molecule has 1 fully saturated rings. The van der Waals surface area contributed by atoms with Crippen LogP contribution in [0.3, 0.4) is 0 Å². The molecule has 1 aliphatic heterocycles. The molecule has 0 spiro atoms. The number of nitrogens with one attached hydrogen (secondary N) is 1. The molecule has 1 aromatic rings. The van der Waals surface area contributed by atoms with E-state index in [1.54, 1.807) is 6.20 Å². The Morgan fingerprint density at radius 2 is 1.95 bits per heavy atom. The minimum atomic E-state index is -3.16. The lowest BCUT2D eigenvalue weighted by Gasteiger charge is -2.32. The number of hydrogen-bond acceptors (Lipinski definition) is 4. The number of nitrogens with zero attached hydrogens (tertiary/aromatic N) is 2. The standard InChI is InChI=1S/C15H23N3O3S/c1-15(2,13-6-4-5-9-16-13)17-14(19)12-7-10-18(11-8-12)22(3,20)21/h4-6,9,12H,7-8,10-11H2,1-3H3,(H,17,19). The summed E-state index contributed by atoms with van der Waals surface area (Å²) < 4.78 is 24.4.